The first kappa shape index (κ1) is 8.75. The summed E-state index contributed by atoms with van der Waals surface area (Å²) in [7, 11) is 0. The molecule has 0 aliphatic carbocycles. The number of nitrogens with zero attached hydrogens (tertiary/aromatic N) is 2. The molecule has 1 aromatic heterocycles. The van der Waals surface area contributed by atoms with Crippen LogP contribution in [-0.2, 0) is 6.42 Å². The van der Waals surface area contributed by atoms with Gasteiger partial charge in [-0.25, -0.2) is 0 Å². The summed E-state index contributed by atoms with van der Waals surface area (Å²) >= 11 is 0. The molecule has 0 aromatic carbocycles. The van der Waals surface area contributed by atoms with Gasteiger partial charge in [-0.2, -0.15) is 4.98 Å². The number of hydrogen-bond acceptors (Lipinski definition) is 4. The summed E-state index contributed by atoms with van der Waals surface area (Å²) in [5.41, 5.74) is 0. The van der Waals surface area contributed by atoms with E-state index in [1.54, 1.807) is 0 Å². The summed E-state index contributed by atoms with van der Waals surface area (Å²) in [5, 5.41) is 6.65. The predicted octanol–water partition coefficient (Wildman–Crippen LogP) is 0.225. The molecule has 0 fully saturated rings. The molecule has 4 nitrogen and oxygen atoms in total. The minimum Gasteiger partial charge on any atom is -0.340 e. The zero-order valence-corrected chi connectivity index (χ0v) is 6.79. The SMILES string of the molecule is C#CCCNCCc1ncno1. The van der Waals surface area contributed by atoms with Crippen molar-refractivity contribution in [1.29, 1.82) is 0 Å². The molecule has 0 saturated heterocycles. The largest absolute Gasteiger partial charge is 0.340 e. The van der Waals surface area contributed by atoms with E-state index in [0.717, 1.165) is 25.9 Å². The number of hydrogen-bond donors (Lipinski definition) is 1. The Balaban J connectivity index is 2.01. The Morgan fingerprint density at radius 2 is 2.50 bits per heavy atom. The Labute approximate surface area is 71.4 Å². The van der Waals surface area contributed by atoms with E-state index in [9.17, 15) is 0 Å². The van der Waals surface area contributed by atoms with E-state index in [1.165, 1.54) is 6.33 Å². The van der Waals surface area contributed by atoms with Crippen molar-refractivity contribution in [2.45, 2.75) is 12.8 Å². The zero-order chi connectivity index (χ0) is 8.65. The van der Waals surface area contributed by atoms with Crippen LogP contribution in [0.4, 0.5) is 0 Å². The van der Waals surface area contributed by atoms with Gasteiger partial charge in [-0.3, -0.25) is 0 Å². The van der Waals surface area contributed by atoms with Gasteiger partial charge in [0.25, 0.3) is 0 Å². The van der Waals surface area contributed by atoms with Crippen molar-refractivity contribution in [3.63, 3.8) is 0 Å². The summed E-state index contributed by atoms with van der Waals surface area (Å²) in [6, 6.07) is 0. The van der Waals surface area contributed by atoms with Gasteiger partial charge in [-0.05, 0) is 0 Å². The predicted molar refractivity (Wildman–Crippen MR) is 44.3 cm³/mol. The van der Waals surface area contributed by atoms with Crippen LogP contribution >= 0.6 is 0 Å². The second kappa shape index (κ2) is 5.33. The monoisotopic (exact) mass is 165 g/mol. The van der Waals surface area contributed by atoms with Gasteiger partial charge in [0.05, 0.1) is 0 Å². The van der Waals surface area contributed by atoms with Gasteiger partial charge in [0.2, 0.25) is 5.89 Å². The first-order chi connectivity index (χ1) is 5.93. The molecule has 1 N–H and O–H groups in total. The van der Waals surface area contributed by atoms with E-state index in [0.29, 0.717) is 5.89 Å². The highest BCUT2D eigenvalue weighted by Gasteiger charge is 1.96. The van der Waals surface area contributed by atoms with Crippen LogP contribution < -0.4 is 5.32 Å². The molecule has 1 heterocycles. The number of terminal acetylenes is 1. The van der Waals surface area contributed by atoms with E-state index in [2.05, 4.69) is 21.4 Å². The van der Waals surface area contributed by atoms with Crippen molar-refractivity contribution >= 4 is 0 Å². The molecule has 64 valence electrons. The van der Waals surface area contributed by atoms with E-state index in [-0.39, 0.29) is 0 Å². The van der Waals surface area contributed by atoms with Crippen molar-refractivity contribution in [2.24, 2.45) is 0 Å². The van der Waals surface area contributed by atoms with Crippen LogP contribution in [0.3, 0.4) is 0 Å². The fourth-order valence-corrected chi connectivity index (χ4v) is 0.787. The molecule has 0 atom stereocenters. The van der Waals surface area contributed by atoms with E-state index < -0.39 is 0 Å². The average molecular weight is 165 g/mol. The van der Waals surface area contributed by atoms with Gasteiger partial charge < -0.3 is 9.84 Å². The first-order valence-electron chi connectivity index (χ1n) is 3.83. The number of nitrogens with one attached hydrogen (secondary N) is 1. The summed E-state index contributed by atoms with van der Waals surface area (Å²) in [4.78, 5) is 3.88. The van der Waals surface area contributed by atoms with Gasteiger partial charge in [-0.1, -0.05) is 5.16 Å². The van der Waals surface area contributed by atoms with Crippen molar-refractivity contribution < 1.29 is 4.52 Å². The lowest BCUT2D eigenvalue weighted by atomic mass is 10.4. The molecule has 0 aliphatic heterocycles. The highest BCUT2D eigenvalue weighted by atomic mass is 16.5. The molecule has 4 heteroatoms. The molecule has 0 saturated carbocycles. The third-order valence-corrected chi connectivity index (χ3v) is 1.37. The molecule has 12 heavy (non-hydrogen) atoms. The standard InChI is InChI=1S/C8H11N3O/c1-2-3-5-9-6-4-8-10-7-11-12-8/h1,7,9H,3-6H2. The van der Waals surface area contributed by atoms with Gasteiger partial charge >= 0.3 is 0 Å². The molecule has 0 amide bonds. The van der Waals surface area contributed by atoms with Gasteiger partial charge in [0.1, 0.15) is 0 Å². The summed E-state index contributed by atoms with van der Waals surface area (Å²) < 4.78 is 4.80. The van der Waals surface area contributed by atoms with Gasteiger partial charge in [-0.15, -0.1) is 12.3 Å². The second-order valence-electron chi connectivity index (χ2n) is 2.29. The highest BCUT2D eigenvalue weighted by molar-refractivity contribution is 4.84. The molecule has 0 aliphatic rings. The Hall–Kier alpha value is -1.34. The van der Waals surface area contributed by atoms with Gasteiger partial charge in [0, 0.05) is 25.9 Å². The lowest BCUT2D eigenvalue weighted by molar-refractivity contribution is 0.375. The third-order valence-electron chi connectivity index (χ3n) is 1.37. The quantitative estimate of drug-likeness (QED) is 0.501. The maximum absolute atomic E-state index is 5.07. The molecule has 1 rings (SSSR count). The molecule has 0 unspecified atom stereocenters. The molecular formula is C8H11N3O. The van der Waals surface area contributed by atoms with Crippen LogP contribution in [0.15, 0.2) is 10.9 Å². The molecule has 1 aromatic rings. The number of rotatable bonds is 5. The summed E-state index contributed by atoms with van der Waals surface area (Å²) in [5.74, 6) is 3.20. The smallest absolute Gasteiger partial charge is 0.227 e. The van der Waals surface area contributed by atoms with Crippen molar-refractivity contribution in [3.8, 4) is 12.3 Å². The summed E-state index contributed by atoms with van der Waals surface area (Å²) in [6.07, 6.45) is 7.98. The van der Waals surface area contributed by atoms with Crippen LogP contribution in [0.25, 0.3) is 0 Å². The molecule has 0 bridgehead atoms. The lowest BCUT2D eigenvalue weighted by Gasteiger charge is -1.97. The maximum atomic E-state index is 5.07. The Morgan fingerprint density at radius 1 is 1.58 bits per heavy atom. The summed E-state index contributed by atoms with van der Waals surface area (Å²) in [6.45, 7) is 1.66. The topological polar surface area (TPSA) is 51.0 Å². The van der Waals surface area contributed by atoms with Crippen LogP contribution in [0.2, 0.25) is 0 Å². The van der Waals surface area contributed by atoms with Crippen molar-refractivity contribution in [3.05, 3.63) is 12.2 Å². The van der Waals surface area contributed by atoms with Crippen LogP contribution in [0.1, 0.15) is 12.3 Å². The normalized spacial score (nSPS) is 9.58. The third kappa shape index (κ3) is 3.17. The van der Waals surface area contributed by atoms with E-state index in [1.807, 2.05) is 0 Å². The van der Waals surface area contributed by atoms with Crippen molar-refractivity contribution in [2.75, 3.05) is 13.1 Å². The minimum absolute atomic E-state index is 0.656. The van der Waals surface area contributed by atoms with Crippen LogP contribution in [0, 0.1) is 12.3 Å². The number of aromatic nitrogens is 2. The maximum Gasteiger partial charge on any atom is 0.227 e. The minimum atomic E-state index is 0.656. The fraction of sp³-hybridized carbons (Fsp3) is 0.500. The Morgan fingerprint density at radius 3 is 3.17 bits per heavy atom. The molecular weight excluding hydrogens is 154 g/mol. The van der Waals surface area contributed by atoms with E-state index >= 15 is 0 Å². The molecule has 0 spiro atoms. The van der Waals surface area contributed by atoms with Gasteiger partial charge in [0.15, 0.2) is 6.33 Å². The van der Waals surface area contributed by atoms with Crippen LogP contribution in [0.5, 0.6) is 0 Å². The fourth-order valence-electron chi connectivity index (χ4n) is 0.787. The van der Waals surface area contributed by atoms with Crippen molar-refractivity contribution in [1.82, 2.24) is 15.5 Å². The second-order valence-corrected chi connectivity index (χ2v) is 2.29. The average Bonchev–Trinajstić information content (AvgIpc) is 2.57. The first-order valence-corrected chi connectivity index (χ1v) is 3.83. The Kier molecular flexibility index (Phi) is 3.89. The lowest BCUT2D eigenvalue weighted by Crippen LogP contribution is -2.18. The highest BCUT2D eigenvalue weighted by Crippen LogP contribution is 1.89. The molecule has 0 radical (unpaired) electrons. The van der Waals surface area contributed by atoms with Crippen LogP contribution in [-0.4, -0.2) is 23.2 Å². The van der Waals surface area contributed by atoms with E-state index in [4.69, 9.17) is 10.9 Å². The zero-order valence-electron chi connectivity index (χ0n) is 6.79. The Bertz CT molecular complexity index is 237.